The monoisotopic (exact) mass is 354 g/mol. The van der Waals surface area contributed by atoms with Crippen molar-refractivity contribution in [3.63, 3.8) is 0 Å². The SMILES string of the molecule is CCc1cncc(Cn2nc(-c3ccc(OC(C)F)nc3)ccc2=O)c1. The molecule has 0 saturated carbocycles. The lowest BCUT2D eigenvalue weighted by Crippen LogP contribution is -2.23. The number of hydrogen-bond acceptors (Lipinski definition) is 5. The third kappa shape index (κ3) is 4.30. The van der Waals surface area contributed by atoms with E-state index in [0.717, 1.165) is 17.5 Å². The van der Waals surface area contributed by atoms with Crippen LogP contribution in [0.25, 0.3) is 11.3 Å². The van der Waals surface area contributed by atoms with Crippen molar-refractivity contribution in [3.8, 4) is 17.1 Å². The molecule has 6 nitrogen and oxygen atoms in total. The maximum Gasteiger partial charge on any atom is 0.267 e. The van der Waals surface area contributed by atoms with Crippen LogP contribution in [-0.4, -0.2) is 26.1 Å². The van der Waals surface area contributed by atoms with E-state index in [1.165, 1.54) is 23.9 Å². The van der Waals surface area contributed by atoms with Gasteiger partial charge in [-0.25, -0.2) is 14.1 Å². The zero-order chi connectivity index (χ0) is 18.5. The normalized spacial score (nSPS) is 12.0. The maximum absolute atomic E-state index is 12.9. The van der Waals surface area contributed by atoms with Gasteiger partial charge in [-0.05, 0) is 29.7 Å². The Morgan fingerprint density at radius 2 is 1.96 bits per heavy atom. The molecule has 0 radical (unpaired) electrons. The summed E-state index contributed by atoms with van der Waals surface area (Å²) in [5.41, 5.74) is 3.12. The van der Waals surface area contributed by atoms with Gasteiger partial charge in [-0.1, -0.05) is 13.0 Å². The molecule has 0 saturated heterocycles. The lowest BCUT2D eigenvalue weighted by atomic mass is 10.1. The summed E-state index contributed by atoms with van der Waals surface area (Å²) in [6.07, 6.45) is 4.52. The third-order valence-electron chi connectivity index (χ3n) is 3.77. The molecule has 1 unspecified atom stereocenters. The average molecular weight is 354 g/mol. The van der Waals surface area contributed by atoms with Crippen LogP contribution in [0.4, 0.5) is 4.39 Å². The molecule has 0 amide bonds. The summed E-state index contributed by atoms with van der Waals surface area (Å²) in [5, 5.41) is 4.41. The summed E-state index contributed by atoms with van der Waals surface area (Å²) in [6.45, 7) is 3.67. The number of aryl methyl sites for hydroxylation is 1. The average Bonchev–Trinajstić information content (AvgIpc) is 2.64. The molecule has 0 aliphatic carbocycles. The van der Waals surface area contributed by atoms with E-state index in [1.54, 1.807) is 24.4 Å². The van der Waals surface area contributed by atoms with Crippen LogP contribution in [0, 0.1) is 0 Å². The summed E-state index contributed by atoms with van der Waals surface area (Å²) < 4.78 is 19.1. The molecule has 0 fully saturated rings. The topological polar surface area (TPSA) is 69.9 Å². The fourth-order valence-electron chi connectivity index (χ4n) is 2.48. The molecule has 3 rings (SSSR count). The van der Waals surface area contributed by atoms with Crippen molar-refractivity contribution in [3.05, 3.63) is 70.4 Å². The quantitative estimate of drug-likeness (QED) is 0.681. The minimum Gasteiger partial charge on any atom is -0.444 e. The molecule has 1 atom stereocenters. The second kappa shape index (κ2) is 7.86. The van der Waals surface area contributed by atoms with E-state index in [1.807, 2.05) is 12.3 Å². The van der Waals surface area contributed by atoms with Crippen molar-refractivity contribution < 1.29 is 9.13 Å². The molecule has 0 aliphatic heterocycles. The van der Waals surface area contributed by atoms with Gasteiger partial charge in [-0.15, -0.1) is 0 Å². The predicted octanol–water partition coefficient (Wildman–Crippen LogP) is 3.01. The van der Waals surface area contributed by atoms with Crippen molar-refractivity contribution in [2.75, 3.05) is 0 Å². The van der Waals surface area contributed by atoms with Crippen molar-refractivity contribution in [2.45, 2.75) is 33.2 Å². The number of aromatic nitrogens is 4. The Kier molecular flexibility index (Phi) is 5.36. The van der Waals surface area contributed by atoms with Crippen LogP contribution < -0.4 is 10.3 Å². The lowest BCUT2D eigenvalue weighted by Gasteiger charge is -2.09. The summed E-state index contributed by atoms with van der Waals surface area (Å²) in [5.74, 6) is 0.194. The Morgan fingerprint density at radius 1 is 1.15 bits per heavy atom. The van der Waals surface area contributed by atoms with Crippen LogP contribution >= 0.6 is 0 Å². The summed E-state index contributed by atoms with van der Waals surface area (Å²) in [4.78, 5) is 20.4. The first-order chi connectivity index (χ1) is 12.5. The predicted molar refractivity (Wildman–Crippen MR) is 95.6 cm³/mol. The van der Waals surface area contributed by atoms with Crippen molar-refractivity contribution in [2.24, 2.45) is 0 Å². The highest BCUT2D eigenvalue weighted by Crippen LogP contribution is 2.18. The summed E-state index contributed by atoms with van der Waals surface area (Å²) in [6, 6.07) is 8.40. The van der Waals surface area contributed by atoms with Crippen LogP contribution in [0.2, 0.25) is 0 Å². The summed E-state index contributed by atoms with van der Waals surface area (Å²) in [7, 11) is 0. The second-order valence-corrected chi connectivity index (χ2v) is 5.82. The second-order valence-electron chi connectivity index (χ2n) is 5.82. The van der Waals surface area contributed by atoms with Crippen molar-refractivity contribution in [1.82, 2.24) is 19.7 Å². The Balaban J connectivity index is 1.86. The van der Waals surface area contributed by atoms with E-state index in [2.05, 4.69) is 22.0 Å². The molecule has 3 aromatic rings. The van der Waals surface area contributed by atoms with Gasteiger partial charge in [-0.2, -0.15) is 5.10 Å². The third-order valence-corrected chi connectivity index (χ3v) is 3.77. The van der Waals surface area contributed by atoms with Gasteiger partial charge in [0.05, 0.1) is 12.2 Å². The highest BCUT2D eigenvalue weighted by Gasteiger charge is 2.07. The number of ether oxygens (including phenoxy) is 1. The molecule has 3 aromatic heterocycles. The molecule has 7 heteroatoms. The van der Waals surface area contributed by atoms with E-state index in [0.29, 0.717) is 17.8 Å². The molecule has 134 valence electrons. The number of hydrogen-bond donors (Lipinski definition) is 0. The van der Waals surface area contributed by atoms with E-state index in [-0.39, 0.29) is 11.4 Å². The first-order valence-electron chi connectivity index (χ1n) is 8.33. The molecular formula is C19H19FN4O2. The smallest absolute Gasteiger partial charge is 0.267 e. The minimum absolute atomic E-state index is 0.194. The Bertz CT molecular complexity index is 939. The number of halogens is 1. The minimum atomic E-state index is -1.43. The van der Waals surface area contributed by atoms with E-state index < -0.39 is 6.36 Å². The van der Waals surface area contributed by atoms with Gasteiger partial charge >= 0.3 is 0 Å². The Labute approximate surface area is 150 Å². The van der Waals surface area contributed by atoms with Gasteiger partial charge in [0.25, 0.3) is 5.56 Å². The number of alkyl halides is 1. The van der Waals surface area contributed by atoms with E-state index in [9.17, 15) is 9.18 Å². The van der Waals surface area contributed by atoms with Crippen LogP contribution in [0.5, 0.6) is 5.88 Å². The molecule has 3 heterocycles. The Hall–Kier alpha value is -3.09. The molecule has 0 N–H and O–H groups in total. The van der Waals surface area contributed by atoms with Gasteiger partial charge in [0.15, 0.2) is 0 Å². The molecule has 0 aromatic carbocycles. The van der Waals surface area contributed by atoms with Crippen molar-refractivity contribution in [1.29, 1.82) is 0 Å². The van der Waals surface area contributed by atoms with Gasteiger partial charge in [0, 0.05) is 43.2 Å². The van der Waals surface area contributed by atoms with Gasteiger partial charge in [0.2, 0.25) is 12.2 Å². The van der Waals surface area contributed by atoms with Crippen LogP contribution in [0.1, 0.15) is 25.0 Å². The first-order valence-corrected chi connectivity index (χ1v) is 8.33. The number of pyridine rings is 2. The highest BCUT2D eigenvalue weighted by atomic mass is 19.1. The summed E-state index contributed by atoms with van der Waals surface area (Å²) >= 11 is 0. The van der Waals surface area contributed by atoms with Crippen LogP contribution in [0.15, 0.2) is 53.7 Å². The van der Waals surface area contributed by atoms with Crippen LogP contribution in [-0.2, 0) is 13.0 Å². The first kappa shape index (κ1) is 17.7. The standard InChI is InChI=1S/C19H19FN4O2/c1-3-14-8-15(10-21-9-14)12-24-19(25)7-5-17(23-24)16-4-6-18(22-11-16)26-13(2)20/h4-11,13H,3,12H2,1-2H3. The molecule has 0 bridgehead atoms. The van der Waals surface area contributed by atoms with Gasteiger partial charge < -0.3 is 4.74 Å². The van der Waals surface area contributed by atoms with Gasteiger partial charge in [-0.3, -0.25) is 9.78 Å². The fourth-order valence-corrected chi connectivity index (χ4v) is 2.48. The zero-order valence-corrected chi connectivity index (χ0v) is 14.6. The lowest BCUT2D eigenvalue weighted by molar-refractivity contribution is 0.0810. The number of rotatable bonds is 6. The van der Waals surface area contributed by atoms with E-state index in [4.69, 9.17) is 4.74 Å². The largest absolute Gasteiger partial charge is 0.444 e. The zero-order valence-electron chi connectivity index (χ0n) is 14.6. The fraction of sp³-hybridized carbons (Fsp3) is 0.263. The molecule has 0 spiro atoms. The van der Waals surface area contributed by atoms with Crippen LogP contribution in [0.3, 0.4) is 0 Å². The van der Waals surface area contributed by atoms with Gasteiger partial charge in [0.1, 0.15) is 0 Å². The Morgan fingerprint density at radius 3 is 2.65 bits per heavy atom. The maximum atomic E-state index is 12.9. The van der Waals surface area contributed by atoms with Crippen molar-refractivity contribution >= 4 is 0 Å². The van der Waals surface area contributed by atoms with E-state index >= 15 is 0 Å². The molecule has 26 heavy (non-hydrogen) atoms. The molecule has 0 aliphatic rings. The highest BCUT2D eigenvalue weighted by molar-refractivity contribution is 5.57. The molecular weight excluding hydrogens is 335 g/mol. The number of nitrogens with zero attached hydrogens (tertiary/aromatic N) is 4.